The molecule has 0 aromatic carbocycles. The lowest BCUT2D eigenvalue weighted by Gasteiger charge is -2.35. The van der Waals surface area contributed by atoms with Crippen LogP contribution in [-0.4, -0.2) is 51.8 Å². The van der Waals surface area contributed by atoms with Crippen molar-refractivity contribution >= 4 is 17.2 Å². The molecule has 0 spiro atoms. The SMILES string of the molecule is CCc1cc(N2CCN(Cc3ccc(C#CC(C)(C)O)s3)CC2)ncn1. The van der Waals surface area contributed by atoms with E-state index in [1.165, 1.54) is 4.88 Å². The van der Waals surface area contributed by atoms with Gasteiger partial charge in [0.1, 0.15) is 17.7 Å². The lowest BCUT2D eigenvalue weighted by Crippen LogP contribution is -2.46. The van der Waals surface area contributed by atoms with Crippen LogP contribution < -0.4 is 4.90 Å². The van der Waals surface area contributed by atoms with E-state index in [4.69, 9.17) is 0 Å². The first kappa shape index (κ1) is 18.8. The van der Waals surface area contributed by atoms with Gasteiger partial charge in [-0.2, -0.15) is 0 Å². The van der Waals surface area contributed by atoms with Crippen LogP contribution in [0.3, 0.4) is 0 Å². The largest absolute Gasteiger partial charge is 0.378 e. The summed E-state index contributed by atoms with van der Waals surface area (Å²) in [6, 6.07) is 6.29. The van der Waals surface area contributed by atoms with Gasteiger partial charge >= 0.3 is 0 Å². The molecule has 0 aliphatic carbocycles. The number of hydrogen-bond donors (Lipinski definition) is 1. The summed E-state index contributed by atoms with van der Waals surface area (Å²) in [5.74, 6) is 6.97. The standard InChI is InChI=1S/C20H26N4OS/c1-4-16-13-19(22-15-21-16)24-11-9-23(10-12-24)14-18-6-5-17(26-18)7-8-20(2,3)25/h5-6,13,15,25H,4,9-12,14H2,1-3H3. The molecule has 0 unspecified atom stereocenters. The maximum atomic E-state index is 9.71. The molecule has 6 heteroatoms. The van der Waals surface area contributed by atoms with Gasteiger partial charge < -0.3 is 10.0 Å². The monoisotopic (exact) mass is 370 g/mol. The van der Waals surface area contributed by atoms with E-state index in [0.717, 1.165) is 55.5 Å². The predicted molar refractivity (Wildman–Crippen MR) is 106 cm³/mol. The number of thiophene rings is 1. The van der Waals surface area contributed by atoms with Gasteiger partial charge in [-0.25, -0.2) is 9.97 Å². The summed E-state index contributed by atoms with van der Waals surface area (Å²) in [6.45, 7) is 10.5. The van der Waals surface area contributed by atoms with Crippen molar-refractivity contribution in [1.82, 2.24) is 14.9 Å². The van der Waals surface area contributed by atoms with Crippen molar-refractivity contribution in [2.24, 2.45) is 0 Å². The number of anilines is 1. The lowest BCUT2D eigenvalue weighted by atomic mass is 10.1. The number of rotatable bonds is 4. The Balaban J connectivity index is 1.54. The maximum absolute atomic E-state index is 9.71. The molecule has 1 aliphatic rings. The fourth-order valence-corrected chi connectivity index (χ4v) is 3.76. The number of aryl methyl sites for hydroxylation is 1. The van der Waals surface area contributed by atoms with E-state index in [1.807, 2.05) is 6.07 Å². The minimum atomic E-state index is -0.945. The van der Waals surface area contributed by atoms with Crippen molar-refractivity contribution in [3.8, 4) is 11.8 Å². The summed E-state index contributed by atoms with van der Waals surface area (Å²) < 4.78 is 0. The van der Waals surface area contributed by atoms with Crippen LogP contribution in [0, 0.1) is 11.8 Å². The summed E-state index contributed by atoms with van der Waals surface area (Å²) in [5, 5.41) is 9.71. The Labute approximate surface area is 159 Å². The van der Waals surface area contributed by atoms with Gasteiger partial charge in [-0.15, -0.1) is 11.3 Å². The van der Waals surface area contributed by atoms with Crippen LogP contribution in [-0.2, 0) is 13.0 Å². The highest BCUT2D eigenvalue weighted by Crippen LogP contribution is 2.20. The molecule has 2 aromatic heterocycles. The molecule has 2 aromatic rings. The van der Waals surface area contributed by atoms with Crippen LogP contribution in [0.15, 0.2) is 24.5 Å². The van der Waals surface area contributed by atoms with Crippen molar-refractivity contribution < 1.29 is 5.11 Å². The number of aromatic nitrogens is 2. The number of aliphatic hydroxyl groups is 1. The van der Waals surface area contributed by atoms with Crippen LogP contribution >= 0.6 is 11.3 Å². The predicted octanol–water partition coefficient (Wildman–Crippen LogP) is 2.55. The number of piperazine rings is 1. The highest BCUT2D eigenvalue weighted by molar-refractivity contribution is 7.12. The summed E-state index contributed by atoms with van der Waals surface area (Å²) in [5.41, 5.74) is 0.148. The molecule has 0 atom stereocenters. The second-order valence-corrected chi connectivity index (χ2v) is 8.23. The van der Waals surface area contributed by atoms with Crippen LogP contribution in [0.2, 0.25) is 0 Å². The lowest BCUT2D eigenvalue weighted by molar-refractivity contribution is 0.143. The molecule has 5 nitrogen and oxygen atoms in total. The highest BCUT2D eigenvalue weighted by atomic mass is 32.1. The summed E-state index contributed by atoms with van der Waals surface area (Å²) >= 11 is 1.71. The Hall–Kier alpha value is -1.94. The van der Waals surface area contributed by atoms with Crippen molar-refractivity contribution in [1.29, 1.82) is 0 Å². The van der Waals surface area contributed by atoms with E-state index < -0.39 is 5.60 Å². The first-order valence-corrected chi connectivity index (χ1v) is 9.87. The van der Waals surface area contributed by atoms with Gasteiger partial charge in [0, 0.05) is 49.4 Å². The first-order valence-electron chi connectivity index (χ1n) is 9.05. The molecule has 0 amide bonds. The molecule has 1 saturated heterocycles. The second kappa shape index (κ2) is 8.17. The van der Waals surface area contributed by atoms with Gasteiger partial charge in [-0.3, -0.25) is 4.90 Å². The summed E-state index contributed by atoms with van der Waals surface area (Å²) in [4.78, 5) is 15.8. The molecule has 0 saturated carbocycles. The van der Waals surface area contributed by atoms with E-state index >= 15 is 0 Å². The molecule has 26 heavy (non-hydrogen) atoms. The van der Waals surface area contributed by atoms with E-state index in [9.17, 15) is 5.11 Å². The minimum absolute atomic E-state index is 0.937. The van der Waals surface area contributed by atoms with E-state index in [-0.39, 0.29) is 0 Å². The van der Waals surface area contributed by atoms with E-state index in [1.54, 1.807) is 31.5 Å². The first-order chi connectivity index (χ1) is 12.4. The van der Waals surface area contributed by atoms with E-state index in [2.05, 4.69) is 50.7 Å². The van der Waals surface area contributed by atoms with Crippen molar-refractivity contribution in [3.63, 3.8) is 0 Å². The molecular weight excluding hydrogens is 344 g/mol. The van der Waals surface area contributed by atoms with Crippen molar-refractivity contribution in [2.75, 3.05) is 31.1 Å². The maximum Gasteiger partial charge on any atom is 0.132 e. The zero-order valence-electron chi connectivity index (χ0n) is 15.7. The fraction of sp³-hybridized carbons (Fsp3) is 0.500. The Morgan fingerprint density at radius 3 is 2.65 bits per heavy atom. The average Bonchev–Trinajstić information content (AvgIpc) is 3.08. The van der Waals surface area contributed by atoms with Gasteiger partial charge in [0.25, 0.3) is 0 Å². The second-order valence-electron chi connectivity index (χ2n) is 7.06. The summed E-state index contributed by atoms with van der Waals surface area (Å²) in [6.07, 6.45) is 2.61. The molecule has 138 valence electrons. The third kappa shape index (κ3) is 5.28. The van der Waals surface area contributed by atoms with Gasteiger partial charge in [0.2, 0.25) is 0 Å². The highest BCUT2D eigenvalue weighted by Gasteiger charge is 2.19. The average molecular weight is 371 g/mol. The number of hydrogen-bond acceptors (Lipinski definition) is 6. The van der Waals surface area contributed by atoms with Crippen LogP contribution in [0.5, 0.6) is 0 Å². The summed E-state index contributed by atoms with van der Waals surface area (Å²) in [7, 11) is 0. The smallest absolute Gasteiger partial charge is 0.132 e. The Morgan fingerprint density at radius 2 is 1.96 bits per heavy atom. The molecule has 3 rings (SSSR count). The Kier molecular flexibility index (Phi) is 5.92. The zero-order chi connectivity index (χ0) is 18.6. The third-order valence-electron chi connectivity index (χ3n) is 4.30. The van der Waals surface area contributed by atoms with Crippen LogP contribution in [0.4, 0.5) is 5.82 Å². The van der Waals surface area contributed by atoms with Gasteiger partial charge in [0.05, 0.1) is 4.88 Å². The topological polar surface area (TPSA) is 52.5 Å². The van der Waals surface area contributed by atoms with Crippen molar-refractivity contribution in [2.45, 2.75) is 39.3 Å². The molecular formula is C20H26N4OS. The van der Waals surface area contributed by atoms with Crippen LogP contribution in [0.25, 0.3) is 0 Å². The van der Waals surface area contributed by atoms with Gasteiger partial charge in [0.15, 0.2) is 0 Å². The molecule has 0 bridgehead atoms. The van der Waals surface area contributed by atoms with Gasteiger partial charge in [-0.1, -0.05) is 18.8 Å². The quantitative estimate of drug-likeness (QED) is 0.839. The third-order valence-corrected chi connectivity index (χ3v) is 5.29. The van der Waals surface area contributed by atoms with E-state index in [0.29, 0.717) is 0 Å². The Bertz CT molecular complexity index is 792. The zero-order valence-corrected chi connectivity index (χ0v) is 16.5. The molecule has 0 radical (unpaired) electrons. The molecule has 1 aliphatic heterocycles. The van der Waals surface area contributed by atoms with Crippen molar-refractivity contribution in [3.05, 3.63) is 40.0 Å². The fourth-order valence-electron chi connectivity index (χ4n) is 2.85. The molecule has 3 heterocycles. The van der Waals surface area contributed by atoms with Crippen LogP contribution in [0.1, 0.15) is 36.2 Å². The molecule has 1 N–H and O–H groups in total. The minimum Gasteiger partial charge on any atom is -0.378 e. The van der Waals surface area contributed by atoms with Gasteiger partial charge in [-0.05, 0) is 32.4 Å². The normalized spacial score (nSPS) is 15.6. The molecule has 1 fully saturated rings. The Morgan fingerprint density at radius 1 is 1.19 bits per heavy atom. The number of nitrogens with zero attached hydrogens (tertiary/aromatic N) is 4.